The first-order chi connectivity index (χ1) is 11.8. The Kier molecular flexibility index (Phi) is 6.50. The number of amides is 2. The number of benzene rings is 2. The molecule has 5 nitrogen and oxygen atoms in total. The molecule has 7 heteroatoms. The van der Waals surface area contributed by atoms with Crippen LogP contribution in [0, 0.1) is 5.82 Å². The molecule has 2 amide bonds. The van der Waals surface area contributed by atoms with Crippen LogP contribution in [0.5, 0.6) is 0 Å². The molecule has 0 aliphatic heterocycles. The van der Waals surface area contributed by atoms with Gasteiger partial charge in [-0.15, -0.1) is 0 Å². The molecule has 2 N–H and O–H groups in total. The highest BCUT2D eigenvalue weighted by Crippen LogP contribution is 2.15. The molecule has 0 spiro atoms. The Morgan fingerprint density at radius 1 is 1.12 bits per heavy atom. The number of nitrogens with zero attached hydrogens (tertiary/aromatic N) is 1. The van der Waals surface area contributed by atoms with Crippen LogP contribution in [0.2, 0.25) is 5.02 Å². The Balaban J connectivity index is 1.89. The van der Waals surface area contributed by atoms with E-state index in [4.69, 9.17) is 11.6 Å². The molecule has 0 fully saturated rings. The first kappa shape index (κ1) is 18.9. The molecule has 2 aromatic rings. The molecule has 0 aliphatic rings. The second-order valence-corrected chi connectivity index (χ2v) is 6.09. The van der Waals surface area contributed by atoms with E-state index < -0.39 is 11.9 Å². The lowest BCUT2D eigenvalue weighted by Gasteiger charge is -2.23. The molecule has 2 aromatic carbocycles. The summed E-state index contributed by atoms with van der Waals surface area (Å²) >= 11 is 5.89. The molecule has 0 aromatic heterocycles. The summed E-state index contributed by atoms with van der Waals surface area (Å²) in [6.07, 6.45) is 0. The number of rotatable bonds is 6. The van der Waals surface area contributed by atoms with Crippen LogP contribution >= 0.6 is 11.6 Å². The second-order valence-electron chi connectivity index (χ2n) is 5.65. The van der Waals surface area contributed by atoms with Crippen LogP contribution in [0.25, 0.3) is 0 Å². The first-order valence-corrected chi connectivity index (χ1v) is 8.05. The molecule has 25 heavy (non-hydrogen) atoms. The smallest absolute Gasteiger partial charge is 0.241 e. The van der Waals surface area contributed by atoms with Crippen LogP contribution in [0.3, 0.4) is 0 Å². The van der Waals surface area contributed by atoms with Crippen molar-refractivity contribution in [1.29, 1.82) is 0 Å². The van der Waals surface area contributed by atoms with Gasteiger partial charge in [-0.05, 0) is 50.4 Å². The lowest BCUT2D eigenvalue weighted by Crippen LogP contribution is -2.43. The van der Waals surface area contributed by atoms with Gasteiger partial charge >= 0.3 is 0 Å². The van der Waals surface area contributed by atoms with E-state index in [9.17, 15) is 14.0 Å². The SMILES string of the molecule is C[C@@H](C(=O)Nc1cccc(Cl)c1)N(C)CC(=O)Nc1cccc(F)c1. The van der Waals surface area contributed by atoms with Crippen LogP contribution in [-0.4, -0.2) is 36.3 Å². The highest BCUT2D eigenvalue weighted by molar-refractivity contribution is 6.30. The number of likely N-dealkylation sites (N-methyl/N-ethyl adjacent to an activating group) is 1. The molecule has 0 saturated heterocycles. The Bertz CT molecular complexity index is 769. The molecule has 0 bridgehead atoms. The van der Waals surface area contributed by atoms with Crippen molar-refractivity contribution in [1.82, 2.24) is 4.90 Å². The fourth-order valence-corrected chi connectivity index (χ4v) is 2.33. The predicted octanol–water partition coefficient (Wildman–Crippen LogP) is 3.38. The third kappa shape index (κ3) is 5.85. The average molecular weight is 364 g/mol. The highest BCUT2D eigenvalue weighted by atomic mass is 35.5. The van der Waals surface area contributed by atoms with Crippen molar-refractivity contribution >= 4 is 34.8 Å². The van der Waals surface area contributed by atoms with Crippen LogP contribution < -0.4 is 10.6 Å². The molecule has 0 unspecified atom stereocenters. The summed E-state index contributed by atoms with van der Waals surface area (Å²) in [6.45, 7) is 1.68. The van der Waals surface area contributed by atoms with Gasteiger partial charge in [0, 0.05) is 16.4 Å². The average Bonchev–Trinajstić information content (AvgIpc) is 2.53. The third-order valence-electron chi connectivity index (χ3n) is 3.63. The van der Waals surface area contributed by atoms with E-state index in [-0.39, 0.29) is 18.4 Å². The zero-order valence-corrected chi connectivity index (χ0v) is 14.7. The fraction of sp³-hybridized carbons (Fsp3) is 0.222. The van der Waals surface area contributed by atoms with Gasteiger partial charge in [-0.25, -0.2) is 4.39 Å². The van der Waals surface area contributed by atoms with Gasteiger partial charge in [-0.2, -0.15) is 0 Å². The van der Waals surface area contributed by atoms with Crippen molar-refractivity contribution in [2.75, 3.05) is 24.2 Å². The summed E-state index contributed by atoms with van der Waals surface area (Å²) in [4.78, 5) is 25.9. The number of hydrogen-bond acceptors (Lipinski definition) is 3. The maximum Gasteiger partial charge on any atom is 0.241 e. The normalized spacial score (nSPS) is 11.9. The van der Waals surface area contributed by atoms with Gasteiger partial charge in [0.2, 0.25) is 11.8 Å². The lowest BCUT2D eigenvalue weighted by molar-refractivity contribution is -0.122. The van der Waals surface area contributed by atoms with Gasteiger partial charge < -0.3 is 10.6 Å². The summed E-state index contributed by atoms with van der Waals surface area (Å²) < 4.78 is 13.1. The molecule has 0 aliphatic carbocycles. The van der Waals surface area contributed by atoms with Gasteiger partial charge in [0.1, 0.15) is 5.82 Å². The van der Waals surface area contributed by atoms with E-state index in [1.807, 2.05) is 0 Å². The second kappa shape index (κ2) is 8.60. The number of hydrogen-bond donors (Lipinski definition) is 2. The Labute approximate surface area is 150 Å². The van der Waals surface area contributed by atoms with Gasteiger partial charge in [0.15, 0.2) is 0 Å². The Hall–Kier alpha value is -2.44. The van der Waals surface area contributed by atoms with E-state index in [0.717, 1.165) is 0 Å². The quantitative estimate of drug-likeness (QED) is 0.827. The summed E-state index contributed by atoms with van der Waals surface area (Å²) in [5.74, 6) is -1.03. The molecule has 132 valence electrons. The lowest BCUT2D eigenvalue weighted by atomic mass is 10.2. The number of carbonyl (C=O) groups excluding carboxylic acids is 2. The van der Waals surface area contributed by atoms with Crippen molar-refractivity contribution in [2.45, 2.75) is 13.0 Å². The van der Waals surface area contributed by atoms with Crippen LogP contribution in [0.1, 0.15) is 6.92 Å². The predicted molar refractivity (Wildman–Crippen MR) is 97.2 cm³/mol. The van der Waals surface area contributed by atoms with E-state index >= 15 is 0 Å². The van der Waals surface area contributed by atoms with Crippen molar-refractivity contribution in [3.63, 3.8) is 0 Å². The minimum absolute atomic E-state index is 0.0132. The Morgan fingerprint density at radius 2 is 1.76 bits per heavy atom. The van der Waals surface area contributed by atoms with Gasteiger partial charge in [0.05, 0.1) is 12.6 Å². The van der Waals surface area contributed by atoms with E-state index in [1.54, 1.807) is 49.2 Å². The largest absolute Gasteiger partial charge is 0.325 e. The molecule has 1 atom stereocenters. The Morgan fingerprint density at radius 3 is 2.40 bits per heavy atom. The highest BCUT2D eigenvalue weighted by Gasteiger charge is 2.20. The number of nitrogens with one attached hydrogen (secondary N) is 2. The zero-order valence-electron chi connectivity index (χ0n) is 13.9. The minimum Gasteiger partial charge on any atom is -0.325 e. The zero-order chi connectivity index (χ0) is 18.4. The summed E-state index contributed by atoms with van der Waals surface area (Å²) in [7, 11) is 1.66. The van der Waals surface area contributed by atoms with Crippen LogP contribution in [0.15, 0.2) is 48.5 Å². The standard InChI is InChI=1S/C18H19ClFN3O2/c1-12(18(25)22-15-7-3-5-13(19)9-15)23(2)11-17(24)21-16-8-4-6-14(20)10-16/h3-10,12H,11H2,1-2H3,(H,21,24)(H,22,25)/t12-/m0/s1. The summed E-state index contributed by atoms with van der Waals surface area (Å²) in [5, 5.41) is 5.86. The fourth-order valence-electron chi connectivity index (χ4n) is 2.14. The topological polar surface area (TPSA) is 61.4 Å². The van der Waals surface area contributed by atoms with Gasteiger partial charge in [0.25, 0.3) is 0 Å². The number of halogens is 2. The summed E-state index contributed by atoms with van der Waals surface area (Å²) in [6, 6.07) is 11.9. The molecular weight excluding hydrogens is 345 g/mol. The maximum atomic E-state index is 13.1. The van der Waals surface area contributed by atoms with Crippen molar-refractivity contribution in [3.8, 4) is 0 Å². The molecule has 2 rings (SSSR count). The van der Waals surface area contributed by atoms with Crippen LogP contribution in [0.4, 0.5) is 15.8 Å². The van der Waals surface area contributed by atoms with Crippen molar-refractivity contribution in [2.24, 2.45) is 0 Å². The van der Waals surface area contributed by atoms with Crippen molar-refractivity contribution < 1.29 is 14.0 Å². The van der Waals surface area contributed by atoms with E-state index in [0.29, 0.717) is 16.4 Å². The third-order valence-corrected chi connectivity index (χ3v) is 3.87. The number of carbonyl (C=O) groups is 2. The molecular formula is C18H19ClFN3O2. The van der Waals surface area contributed by atoms with E-state index in [1.165, 1.54) is 18.2 Å². The summed E-state index contributed by atoms with van der Waals surface area (Å²) in [5.41, 5.74) is 0.955. The molecule has 0 heterocycles. The number of anilines is 2. The van der Waals surface area contributed by atoms with Gasteiger partial charge in [-0.1, -0.05) is 23.7 Å². The minimum atomic E-state index is -0.544. The van der Waals surface area contributed by atoms with E-state index in [2.05, 4.69) is 10.6 Å². The van der Waals surface area contributed by atoms with Crippen LogP contribution in [-0.2, 0) is 9.59 Å². The maximum absolute atomic E-state index is 13.1. The monoisotopic (exact) mass is 363 g/mol. The first-order valence-electron chi connectivity index (χ1n) is 7.67. The van der Waals surface area contributed by atoms with Crippen molar-refractivity contribution in [3.05, 3.63) is 59.4 Å². The van der Waals surface area contributed by atoms with Gasteiger partial charge in [-0.3, -0.25) is 14.5 Å². The molecule has 0 saturated carbocycles. The molecule has 0 radical (unpaired) electrons.